The molecule has 0 bridgehead atoms. The lowest BCUT2D eigenvalue weighted by molar-refractivity contribution is -0.137. The minimum atomic E-state index is -0.658. The van der Waals surface area contributed by atoms with E-state index in [0.29, 0.717) is 24.3 Å². The molecule has 1 N–H and O–H groups in total. The quantitative estimate of drug-likeness (QED) is 0.439. The highest BCUT2D eigenvalue weighted by atomic mass is 16.5. The zero-order chi connectivity index (χ0) is 24.5. The van der Waals surface area contributed by atoms with Gasteiger partial charge in [-0.2, -0.15) is 0 Å². The number of hydrogen-bond donors (Lipinski definition) is 1. The van der Waals surface area contributed by atoms with E-state index in [9.17, 15) is 14.4 Å². The van der Waals surface area contributed by atoms with Crippen LogP contribution in [0.5, 0.6) is 5.75 Å². The molecular weight excluding hydrogens is 444 g/mol. The van der Waals surface area contributed by atoms with Gasteiger partial charge in [0.2, 0.25) is 11.8 Å². The highest BCUT2D eigenvalue weighted by Crippen LogP contribution is 2.40. The molecule has 3 aliphatic heterocycles. The van der Waals surface area contributed by atoms with E-state index in [1.54, 1.807) is 4.90 Å². The Hall–Kier alpha value is -3.10. The van der Waals surface area contributed by atoms with Crippen molar-refractivity contribution < 1.29 is 23.9 Å². The Labute approximate surface area is 206 Å². The normalized spacial score (nSPS) is 22.7. The van der Waals surface area contributed by atoms with Gasteiger partial charge in [-0.25, -0.2) is 0 Å². The van der Waals surface area contributed by atoms with Gasteiger partial charge in [-0.3, -0.25) is 24.6 Å². The largest absolute Gasteiger partial charge is 0.489 e. The lowest BCUT2D eigenvalue weighted by Gasteiger charge is -2.33. The van der Waals surface area contributed by atoms with Crippen LogP contribution in [-0.2, 0) is 27.5 Å². The number of fused-ring (bicyclic) bond motifs is 1. The third kappa shape index (κ3) is 4.86. The van der Waals surface area contributed by atoms with Crippen LogP contribution in [0.4, 0.5) is 0 Å². The van der Waals surface area contributed by atoms with Gasteiger partial charge in [-0.05, 0) is 23.6 Å². The van der Waals surface area contributed by atoms with Crippen LogP contribution in [0.2, 0.25) is 0 Å². The van der Waals surface area contributed by atoms with Crippen LogP contribution >= 0.6 is 0 Å². The third-order valence-electron chi connectivity index (χ3n) is 7.06. The van der Waals surface area contributed by atoms with Gasteiger partial charge < -0.3 is 14.4 Å². The van der Waals surface area contributed by atoms with Gasteiger partial charge in [0, 0.05) is 43.1 Å². The fraction of sp³-hybridized carbons (Fsp3) is 0.400. The third-order valence-corrected chi connectivity index (χ3v) is 7.06. The molecule has 35 heavy (non-hydrogen) atoms. The number of nitrogens with one attached hydrogen (secondary N) is 1. The topological polar surface area (TPSA) is 88.2 Å². The van der Waals surface area contributed by atoms with Crippen LogP contribution in [-0.4, -0.2) is 75.6 Å². The minimum Gasteiger partial charge on any atom is -0.489 e. The van der Waals surface area contributed by atoms with Crippen molar-refractivity contribution in [3.63, 3.8) is 0 Å². The van der Waals surface area contributed by atoms with Crippen LogP contribution in [0.15, 0.2) is 36.4 Å². The van der Waals surface area contributed by atoms with Gasteiger partial charge in [0.15, 0.2) is 0 Å². The van der Waals surface area contributed by atoms with Crippen molar-refractivity contribution in [1.82, 2.24) is 15.1 Å². The van der Waals surface area contributed by atoms with E-state index in [-0.39, 0.29) is 24.2 Å². The molecule has 0 radical (unpaired) electrons. The number of amides is 3. The van der Waals surface area contributed by atoms with Gasteiger partial charge >= 0.3 is 0 Å². The maximum absolute atomic E-state index is 13.3. The molecule has 2 saturated heterocycles. The van der Waals surface area contributed by atoms with Crippen LogP contribution in [0.25, 0.3) is 0 Å². The zero-order valence-electron chi connectivity index (χ0n) is 20.2. The van der Waals surface area contributed by atoms with Crippen LogP contribution in [0.1, 0.15) is 45.8 Å². The Kier molecular flexibility index (Phi) is 6.67. The number of imide groups is 1. The summed E-state index contributed by atoms with van der Waals surface area (Å²) in [5.41, 5.74) is 4.59. The molecule has 180 valence electrons. The first-order valence-corrected chi connectivity index (χ1v) is 12.2. The second-order valence-corrected chi connectivity index (χ2v) is 9.57. The number of carbonyl (C=O) groups is 3. The Morgan fingerprint density at radius 2 is 1.77 bits per heavy atom. The molecule has 3 heterocycles. The predicted octanol–water partition coefficient (Wildman–Crippen LogP) is -0.751. The van der Waals surface area contributed by atoms with E-state index in [4.69, 9.17) is 9.47 Å². The molecule has 0 aliphatic carbocycles. The van der Waals surface area contributed by atoms with E-state index >= 15 is 0 Å². The average molecular weight is 473 g/mol. The summed E-state index contributed by atoms with van der Waals surface area (Å²) >= 11 is 0. The number of rotatable bonds is 6. The molecule has 10 heteroatoms. The van der Waals surface area contributed by atoms with Crippen LogP contribution < -0.4 is 15.5 Å². The van der Waals surface area contributed by atoms with E-state index in [1.165, 1.54) is 5.56 Å². The molecule has 2 unspecified atom stereocenters. The smallest absolute Gasteiger partial charge is 0.254 e. The van der Waals surface area contributed by atoms with Crippen molar-refractivity contribution in [1.29, 1.82) is 0 Å². The van der Waals surface area contributed by atoms with Gasteiger partial charge in [-0.15, -0.1) is 0 Å². The first-order chi connectivity index (χ1) is 16.9. The zero-order valence-corrected chi connectivity index (χ0v) is 20.2. The average Bonchev–Trinajstić information content (AvgIpc) is 3.09. The Balaban J connectivity index is 1.30. The fourth-order valence-corrected chi connectivity index (χ4v) is 5.22. The number of nitrogens with zero attached hydrogens (tertiary/aromatic N) is 2. The minimum absolute atomic E-state index is 0.192. The van der Waals surface area contributed by atoms with Gasteiger partial charge in [-0.1, -0.05) is 35.8 Å². The molecule has 3 aliphatic rings. The van der Waals surface area contributed by atoms with Gasteiger partial charge in [0.1, 0.15) is 34.1 Å². The second-order valence-electron chi connectivity index (χ2n) is 9.57. The van der Waals surface area contributed by atoms with Crippen molar-refractivity contribution in [2.75, 3.05) is 26.3 Å². The molecular formula is C25H29B2N3O5. The summed E-state index contributed by atoms with van der Waals surface area (Å²) < 4.78 is 11.7. The lowest BCUT2D eigenvalue weighted by atomic mass is 9.84. The molecule has 2 aromatic rings. The Morgan fingerprint density at radius 3 is 2.49 bits per heavy atom. The number of carbonyl (C=O) groups excluding carboxylic acids is 3. The van der Waals surface area contributed by atoms with E-state index in [2.05, 4.69) is 34.5 Å². The van der Waals surface area contributed by atoms with Gasteiger partial charge in [0.25, 0.3) is 5.91 Å². The molecule has 0 spiro atoms. The van der Waals surface area contributed by atoms with Crippen molar-refractivity contribution in [2.24, 2.45) is 0 Å². The SMILES string of the molecule is Bc1cc(OCc2ccc(CN3CCOCC3)cc2)c2c(c1)C(=O)N(C1CCC(=O)NC1=O)C2B. The molecule has 2 aromatic carbocycles. The molecule has 5 rings (SSSR count). The summed E-state index contributed by atoms with van der Waals surface area (Å²) in [6, 6.07) is 11.6. The van der Waals surface area contributed by atoms with E-state index < -0.39 is 11.9 Å². The maximum atomic E-state index is 13.3. The summed E-state index contributed by atoms with van der Waals surface area (Å²) in [7, 11) is 3.84. The summed E-state index contributed by atoms with van der Waals surface area (Å²) in [6.45, 7) is 4.77. The van der Waals surface area contributed by atoms with Crippen molar-refractivity contribution in [2.45, 2.75) is 38.0 Å². The van der Waals surface area contributed by atoms with Gasteiger partial charge in [0.05, 0.1) is 13.2 Å². The first-order valence-electron chi connectivity index (χ1n) is 12.2. The number of benzene rings is 2. The Bertz CT molecular complexity index is 1150. The molecule has 3 amide bonds. The standard InChI is InChI=1S/C25H29B2N3O5/c26-17-11-18-22(23(27)30(25(18)33)19-5-6-21(31)28-24(19)32)20(12-17)35-14-16-3-1-15(2-4-16)13-29-7-9-34-10-8-29/h1-4,11-12,19,23H,5-10,13-14,26-27H2,(H,28,31,32). The van der Waals surface area contributed by atoms with Crippen molar-refractivity contribution >= 4 is 38.9 Å². The van der Waals surface area contributed by atoms with Crippen molar-refractivity contribution in [3.05, 3.63) is 58.7 Å². The highest BCUT2D eigenvalue weighted by Gasteiger charge is 2.44. The maximum Gasteiger partial charge on any atom is 0.254 e. The summed E-state index contributed by atoms with van der Waals surface area (Å²) in [4.78, 5) is 41.4. The van der Waals surface area contributed by atoms with E-state index in [0.717, 1.165) is 49.4 Å². The number of ether oxygens (including phenoxy) is 2. The molecule has 2 fully saturated rings. The van der Waals surface area contributed by atoms with Crippen molar-refractivity contribution in [3.8, 4) is 5.75 Å². The number of piperidine rings is 1. The predicted molar refractivity (Wildman–Crippen MR) is 135 cm³/mol. The summed E-state index contributed by atoms with van der Waals surface area (Å²) in [6.07, 6.45) is 0.563. The molecule has 8 nitrogen and oxygen atoms in total. The Morgan fingerprint density at radius 1 is 1.06 bits per heavy atom. The molecule has 2 atom stereocenters. The number of morpholine rings is 1. The summed E-state index contributed by atoms with van der Waals surface area (Å²) in [5.74, 6) is -0.562. The highest BCUT2D eigenvalue weighted by molar-refractivity contribution is 6.33. The lowest BCUT2D eigenvalue weighted by Crippen LogP contribution is -2.53. The fourth-order valence-electron chi connectivity index (χ4n) is 5.22. The second kappa shape index (κ2) is 9.87. The summed E-state index contributed by atoms with van der Waals surface area (Å²) in [5, 5.41) is 2.36. The van der Waals surface area contributed by atoms with Crippen LogP contribution in [0.3, 0.4) is 0 Å². The first kappa shape index (κ1) is 23.6. The van der Waals surface area contributed by atoms with Crippen LogP contribution in [0, 0.1) is 0 Å². The van der Waals surface area contributed by atoms with E-state index in [1.807, 2.05) is 27.8 Å². The molecule has 0 saturated carbocycles. The number of hydrogen-bond acceptors (Lipinski definition) is 6. The monoisotopic (exact) mass is 473 g/mol. The molecule has 0 aromatic heterocycles.